The van der Waals surface area contributed by atoms with Gasteiger partial charge < -0.3 is 15.5 Å². The molecule has 0 atom stereocenters. The van der Waals surface area contributed by atoms with E-state index < -0.39 is 5.91 Å². The van der Waals surface area contributed by atoms with E-state index in [9.17, 15) is 14.7 Å². The molecule has 1 fully saturated rings. The second-order valence-corrected chi connectivity index (χ2v) is 5.34. The number of carbonyl (C=O) groups is 3. The van der Waals surface area contributed by atoms with Gasteiger partial charge in [-0.05, 0) is 32.6 Å². The molecular weight excluding hydrogens is 344 g/mol. The van der Waals surface area contributed by atoms with Crippen LogP contribution >= 0.6 is 0 Å². The maximum Gasteiger partial charge on any atom is 0.290 e. The lowest BCUT2D eigenvalue weighted by atomic mass is 10.2. The lowest BCUT2D eigenvalue weighted by molar-refractivity contribution is -0.123. The minimum atomic E-state index is -0.418. The minimum absolute atomic E-state index is 0.0131. The van der Waals surface area contributed by atoms with Gasteiger partial charge in [-0.2, -0.15) is 5.06 Å². The van der Waals surface area contributed by atoms with E-state index in [0.717, 1.165) is 17.9 Å². The van der Waals surface area contributed by atoms with Crippen LogP contribution in [0.15, 0.2) is 18.0 Å². The molecule has 0 saturated heterocycles. The second kappa shape index (κ2) is 10.8. The van der Waals surface area contributed by atoms with Crippen LogP contribution in [0.1, 0.15) is 32.4 Å². The Morgan fingerprint density at radius 2 is 2.00 bits per heavy atom. The molecule has 142 valence electrons. The summed E-state index contributed by atoms with van der Waals surface area (Å²) in [4.78, 5) is 44.9. The minimum Gasteiger partial charge on any atom is -0.505 e. The summed E-state index contributed by atoms with van der Waals surface area (Å²) < 4.78 is 0. The van der Waals surface area contributed by atoms with Crippen LogP contribution in [0.3, 0.4) is 0 Å². The van der Waals surface area contributed by atoms with Crippen molar-refractivity contribution in [3.05, 3.63) is 23.7 Å². The number of hydrogen-bond donors (Lipinski definition) is 3. The Morgan fingerprint density at radius 1 is 1.38 bits per heavy atom. The fourth-order valence-electron chi connectivity index (χ4n) is 1.85. The SMILES string of the molecule is CCNC(=O)/C(C)=C(\O)c1nccnc1N(C=O)OCC1CC1.O=CO. The van der Waals surface area contributed by atoms with Gasteiger partial charge >= 0.3 is 0 Å². The highest BCUT2D eigenvalue weighted by atomic mass is 16.7. The maximum absolute atomic E-state index is 11.8. The quantitative estimate of drug-likeness (QED) is 0.267. The zero-order chi connectivity index (χ0) is 19.5. The van der Waals surface area contributed by atoms with Crippen LogP contribution in [0, 0.1) is 5.92 Å². The maximum atomic E-state index is 11.8. The number of nitrogens with one attached hydrogen (secondary N) is 1. The Bertz CT molecular complexity index is 660. The number of nitrogens with zero attached hydrogens (tertiary/aromatic N) is 3. The van der Waals surface area contributed by atoms with Gasteiger partial charge in [0.15, 0.2) is 17.3 Å². The number of hydroxylamine groups is 1. The predicted molar refractivity (Wildman–Crippen MR) is 91.9 cm³/mol. The molecule has 2 rings (SSSR count). The van der Waals surface area contributed by atoms with Gasteiger partial charge in [0, 0.05) is 18.9 Å². The summed E-state index contributed by atoms with van der Waals surface area (Å²) >= 11 is 0. The third-order valence-corrected chi connectivity index (χ3v) is 3.39. The number of carbonyl (C=O) groups excluding carboxylic acids is 2. The van der Waals surface area contributed by atoms with Crippen molar-refractivity contribution in [2.45, 2.75) is 26.7 Å². The van der Waals surface area contributed by atoms with Gasteiger partial charge in [-0.3, -0.25) is 19.2 Å². The summed E-state index contributed by atoms with van der Waals surface area (Å²) in [5.74, 6) is -0.276. The lowest BCUT2D eigenvalue weighted by Gasteiger charge is -2.18. The van der Waals surface area contributed by atoms with E-state index in [-0.39, 0.29) is 29.3 Å². The van der Waals surface area contributed by atoms with Crippen LogP contribution in [0.2, 0.25) is 0 Å². The van der Waals surface area contributed by atoms with Gasteiger partial charge in [0.1, 0.15) is 0 Å². The van der Waals surface area contributed by atoms with Crippen molar-refractivity contribution in [1.29, 1.82) is 0 Å². The number of aliphatic hydroxyl groups is 1. The van der Waals surface area contributed by atoms with Crippen LogP contribution in [0.5, 0.6) is 0 Å². The third-order valence-electron chi connectivity index (χ3n) is 3.39. The normalized spacial score (nSPS) is 13.6. The van der Waals surface area contributed by atoms with Crippen LogP contribution in [-0.4, -0.2) is 52.1 Å². The van der Waals surface area contributed by atoms with E-state index in [1.165, 1.54) is 19.3 Å². The molecule has 26 heavy (non-hydrogen) atoms. The molecule has 0 aliphatic heterocycles. The number of aliphatic hydroxyl groups excluding tert-OH is 1. The molecule has 0 radical (unpaired) electrons. The molecular formula is C16H22N4O6. The van der Waals surface area contributed by atoms with Crippen LogP contribution in [-0.2, 0) is 19.2 Å². The van der Waals surface area contributed by atoms with Crippen molar-refractivity contribution in [2.24, 2.45) is 5.92 Å². The number of hydrogen-bond acceptors (Lipinski definition) is 7. The predicted octanol–water partition coefficient (Wildman–Crippen LogP) is 0.907. The van der Waals surface area contributed by atoms with Gasteiger partial charge in [0.2, 0.25) is 6.41 Å². The Labute approximate surface area is 150 Å². The van der Waals surface area contributed by atoms with Crippen molar-refractivity contribution < 1.29 is 29.4 Å². The topological polar surface area (TPSA) is 142 Å². The van der Waals surface area contributed by atoms with Crippen molar-refractivity contribution in [1.82, 2.24) is 15.3 Å². The van der Waals surface area contributed by atoms with Crippen molar-refractivity contribution in [2.75, 3.05) is 18.2 Å². The highest BCUT2D eigenvalue weighted by molar-refractivity contribution is 5.99. The Balaban J connectivity index is 0.00000105. The zero-order valence-corrected chi connectivity index (χ0v) is 14.6. The molecule has 1 aromatic rings. The van der Waals surface area contributed by atoms with E-state index >= 15 is 0 Å². The van der Waals surface area contributed by atoms with E-state index in [1.54, 1.807) is 6.92 Å². The van der Waals surface area contributed by atoms with Gasteiger partial charge in [-0.1, -0.05) is 0 Å². The molecule has 1 aliphatic rings. The van der Waals surface area contributed by atoms with Gasteiger partial charge in [0.25, 0.3) is 12.4 Å². The first kappa shape index (κ1) is 21.0. The largest absolute Gasteiger partial charge is 0.505 e. The Morgan fingerprint density at radius 3 is 2.54 bits per heavy atom. The Kier molecular flexibility index (Phi) is 8.71. The Hall–Kier alpha value is -3.01. The van der Waals surface area contributed by atoms with E-state index in [0.29, 0.717) is 25.5 Å². The summed E-state index contributed by atoms with van der Waals surface area (Å²) in [5, 5.41) is 20.7. The van der Waals surface area contributed by atoms with E-state index in [4.69, 9.17) is 14.7 Å². The summed E-state index contributed by atoms with van der Waals surface area (Å²) in [7, 11) is 0. The first-order valence-corrected chi connectivity index (χ1v) is 7.94. The van der Waals surface area contributed by atoms with Crippen LogP contribution in [0.25, 0.3) is 5.76 Å². The fraction of sp³-hybridized carbons (Fsp3) is 0.438. The van der Waals surface area contributed by atoms with E-state index in [2.05, 4.69) is 15.3 Å². The van der Waals surface area contributed by atoms with Gasteiger partial charge in [0.05, 0.1) is 12.2 Å². The number of aromatic nitrogens is 2. The molecule has 2 amide bonds. The molecule has 10 heteroatoms. The third kappa shape index (κ3) is 6.13. The average Bonchev–Trinajstić information content (AvgIpc) is 3.46. The standard InChI is InChI=1S/C15H20N4O4.CH2O2/c1-3-16-15(22)10(2)13(21)12-14(18-7-6-17-12)19(9-20)23-8-11-4-5-11;2-1-3/h6-7,9,11,21H,3-5,8H2,1-2H3,(H,16,22);1H,(H,2,3)/b13-10-;. The smallest absolute Gasteiger partial charge is 0.290 e. The second-order valence-electron chi connectivity index (χ2n) is 5.34. The van der Waals surface area contributed by atoms with E-state index in [1.807, 2.05) is 0 Å². The lowest BCUT2D eigenvalue weighted by Crippen LogP contribution is -2.27. The molecule has 3 N–H and O–H groups in total. The monoisotopic (exact) mass is 366 g/mol. The summed E-state index contributed by atoms with van der Waals surface area (Å²) in [6, 6.07) is 0. The summed E-state index contributed by atoms with van der Waals surface area (Å²) in [5.41, 5.74) is 0.0980. The van der Waals surface area contributed by atoms with Crippen molar-refractivity contribution in [3.63, 3.8) is 0 Å². The molecule has 1 heterocycles. The highest BCUT2D eigenvalue weighted by Gasteiger charge is 2.25. The van der Waals surface area contributed by atoms with Crippen molar-refractivity contribution >= 4 is 30.4 Å². The molecule has 1 saturated carbocycles. The van der Waals surface area contributed by atoms with Gasteiger partial charge in [-0.25, -0.2) is 9.97 Å². The highest BCUT2D eigenvalue weighted by Crippen LogP contribution is 2.30. The molecule has 10 nitrogen and oxygen atoms in total. The number of carboxylic acid groups (broad SMARTS) is 1. The zero-order valence-electron chi connectivity index (χ0n) is 14.6. The number of rotatable bonds is 8. The number of likely N-dealkylation sites (N-methyl/N-ethyl adjacent to an activating group) is 1. The molecule has 1 aromatic heterocycles. The number of amides is 2. The van der Waals surface area contributed by atoms with Crippen molar-refractivity contribution in [3.8, 4) is 0 Å². The average molecular weight is 366 g/mol. The van der Waals surface area contributed by atoms with Crippen LogP contribution < -0.4 is 10.4 Å². The van der Waals surface area contributed by atoms with Gasteiger partial charge in [-0.15, -0.1) is 0 Å². The first-order chi connectivity index (χ1) is 12.5. The molecule has 0 aromatic carbocycles. The molecule has 0 spiro atoms. The first-order valence-electron chi connectivity index (χ1n) is 7.94. The van der Waals surface area contributed by atoms with Crippen LogP contribution in [0.4, 0.5) is 5.82 Å². The molecule has 1 aliphatic carbocycles. The molecule has 0 bridgehead atoms. The fourth-order valence-corrected chi connectivity index (χ4v) is 1.85. The summed E-state index contributed by atoms with van der Waals surface area (Å²) in [6.07, 6.45) is 5.35. The summed E-state index contributed by atoms with van der Waals surface area (Å²) in [6.45, 7) is 3.82. The molecule has 0 unspecified atom stereocenters. The number of anilines is 1.